The van der Waals surface area contributed by atoms with E-state index in [9.17, 15) is 32.9 Å². The maximum Gasteiger partial charge on any atom is 0.416 e. The molecule has 0 radical (unpaired) electrons. The molecule has 0 unspecified atom stereocenters. The number of halogens is 3. The fraction of sp³-hybridized carbons (Fsp3) is 0.238. The average molecular weight is 508 g/mol. The lowest BCUT2D eigenvalue weighted by Crippen LogP contribution is -2.18. The zero-order valence-electron chi connectivity index (χ0n) is 18.4. The van der Waals surface area contributed by atoms with Gasteiger partial charge in [-0.25, -0.2) is 0 Å². The first kappa shape index (κ1) is 25.7. The number of rotatable bonds is 8. The Morgan fingerprint density at radius 3 is 2.51 bits per heavy atom. The van der Waals surface area contributed by atoms with Crippen LogP contribution in [0.4, 0.5) is 30.2 Å². The van der Waals surface area contributed by atoms with Gasteiger partial charge in [0.1, 0.15) is 5.82 Å². The molecule has 0 fully saturated rings. The van der Waals surface area contributed by atoms with Gasteiger partial charge in [0, 0.05) is 30.6 Å². The second-order valence-electron chi connectivity index (χ2n) is 7.35. The molecule has 0 spiro atoms. The first-order chi connectivity index (χ1) is 16.4. The van der Waals surface area contributed by atoms with E-state index in [-0.39, 0.29) is 35.3 Å². The van der Waals surface area contributed by atoms with Crippen molar-refractivity contribution in [2.45, 2.75) is 24.7 Å². The van der Waals surface area contributed by atoms with Crippen molar-refractivity contribution in [3.63, 3.8) is 0 Å². The fourth-order valence-electron chi connectivity index (χ4n) is 2.96. The molecule has 0 aliphatic carbocycles. The number of non-ortho nitro benzene ring substituents is 1. The molecule has 0 aliphatic rings. The molecule has 3 aromatic rings. The third-order valence-electron chi connectivity index (χ3n) is 4.74. The third-order valence-corrected chi connectivity index (χ3v) is 5.76. The van der Waals surface area contributed by atoms with Crippen LogP contribution < -0.4 is 10.6 Å². The molecule has 35 heavy (non-hydrogen) atoms. The van der Waals surface area contributed by atoms with Gasteiger partial charge in [0.05, 0.1) is 22.7 Å². The Labute approximate surface area is 201 Å². The highest BCUT2D eigenvalue weighted by molar-refractivity contribution is 7.99. The predicted molar refractivity (Wildman–Crippen MR) is 122 cm³/mol. The second kappa shape index (κ2) is 10.5. The van der Waals surface area contributed by atoms with Crippen molar-refractivity contribution in [2.75, 3.05) is 16.4 Å². The largest absolute Gasteiger partial charge is 0.416 e. The zero-order chi connectivity index (χ0) is 25.8. The predicted octanol–water partition coefficient (Wildman–Crippen LogP) is 3.96. The number of hydrogen-bond acceptors (Lipinski definition) is 7. The Bertz CT molecular complexity index is 1280. The molecule has 0 bridgehead atoms. The molecule has 0 aliphatic heterocycles. The van der Waals surface area contributed by atoms with Crippen LogP contribution in [-0.4, -0.2) is 37.3 Å². The smallest absolute Gasteiger partial charge is 0.326 e. The highest BCUT2D eigenvalue weighted by Crippen LogP contribution is 2.30. The van der Waals surface area contributed by atoms with E-state index in [1.807, 2.05) is 0 Å². The first-order valence-electron chi connectivity index (χ1n) is 9.97. The van der Waals surface area contributed by atoms with Crippen molar-refractivity contribution in [1.82, 2.24) is 14.8 Å². The van der Waals surface area contributed by atoms with E-state index in [2.05, 4.69) is 20.8 Å². The molecule has 2 amide bonds. The quantitative estimate of drug-likeness (QED) is 0.267. The molecule has 0 atom stereocenters. The average Bonchev–Trinajstić information content (AvgIpc) is 3.12. The molecule has 1 aromatic heterocycles. The number of amides is 2. The molecule has 184 valence electrons. The molecule has 10 nitrogen and oxygen atoms in total. The van der Waals surface area contributed by atoms with Crippen molar-refractivity contribution in [2.24, 2.45) is 7.05 Å². The standard InChI is InChI=1S/C21H19F3N6O4S/c1-12-8-15(30(33)34)6-7-16(12)26-19(32)11-35-20-28-27-17(29(20)2)10-18(31)25-14-5-3-4-13(9-14)21(22,23)24/h3-9H,10-11H2,1-2H3,(H,25,31)(H,26,32). The lowest BCUT2D eigenvalue weighted by Gasteiger charge is -2.10. The number of aromatic nitrogens is 3. The normalized spacial score (nSPS) is 11.2. The summed E-state index contributed by atoms with van der Waals surface area (Å²) in [6.45, 7) is 1.63. The van der Waals surface area contributed by atoms with E-state index in [0.717, 1.165) is 23.9 Å². The summed E-state index contributed by atoms with van der Waals surface area (Å²) in [4.78, 5) is 34.9. The molecule has 2 N–H and O–H groups in total. The highest BCUT2D eigenvalue weighted by Gasteiger charge is 2.30. The summed E-state index contributed by atoms with van der Waals surface area (Å²) in [6, 6.07) is 8.36. The first-order valence-corrected chi connectivity index (χ1v) is 11.0. The summed E-state index contributed by atoms with van der Waals surface area (Å²) in [5.41, 5.74) is 0.00428. The van der Waals surface area contributed by atoms with Crippen LogP contribution in [0.5, 0.6) is 0 Å². The number of aryl methyl sites for hydroxylation is 1. The number of carbonyl (C=O) groups excluding carboxylic acids is 2. The summed E-state index contributed by atoms with van der Waals surface area (Å²) >= 11 is 1.06. The number of hydrogen-bond donors (Lipinski definition) is 2. The lowest BCUT2D eigenvalue weighted by atomic mass is 10.2. The van der Waals surface area contributed by atoms with Gasteiger partial charge in [0.2, 0.25) is 11.8 Å². The van der Waals surface area contributed by atoms with Crippen LogP contribution in [0.2, 0.25) is 0 Å². The Morgan fingerprint density at radius 1 is 1.11 bits per heavy atom. The molecule has 14 heteroatoms. The van der Waals surface area contributed by atoms with Crippen LogP contribution in [0.3, 0.4) is 0 Å². The minimum Gasteiger partial charge on any atom is -0.326 e. The minimum absolute atomic E-state index is 0.000185. The molecule has 0 saturated heterocycles. The van der Waals surface area contributed by atoms with Crippen molar-refractivity contribution in [3.8, 4) is 0 Å². The Hall–Kier alpha value is -3.94. The summed E-state index contributed by atoms with van der Waals surface area (Å²) < 4.78 is 40.0. The Morgan fingerprint density at radius 2 is 1.86 bits per heavy atom. The van der Waals surface area contributed by atoms with Crippen LogP contribution in [0.15, 0.2) is 47.6 Å². The van der Waals surface area contributed by atoms with Gasteiger partial charge in [-0.3, -0.25) is 19.7 Å². The van der Waals surface area contributed by atoms with Gasteiger partial charge in [-0.15, -0.1) is 10.2 Å². The summed E-state index contributed by atoms with van der Waals surface area (Å²) in [6.07, 6.45) is -4.77. The van der Waals surface area contributed by atoms with E-state index in [0.29, 0.717) is 16.4 Å². The van der Waals surface area contributed by atoms with Crippen molar-refractivity contribution >= 4 is 40.6 Å². The Kier molecular flexibility index (Phi) is 7.74. The van der Waals surface area contributed by atoms with Crippen LogP contribution >= 0.6 is 11.8 Å². The van der Waals surface area contributed by atoms with E-state index in [1.54, 1.807) is 14.0 Å². The lowest BCUT2D eigenvalue weighted by molar-refractivity contribution is -0.384. The number of benzene rings is 2. The summed E-state index contributed by atoms with van der Waals surface area (Å²) in [7, 11) is 1.59. The van der Waals surface area contributed by atoms with E-state index >= 15 is 0 Å². The monoisotopic (exact) mass is 508 g/mol. The number of nitrogens with one attached hydrogen (secondary N) is 2. The van der Waals surface area contributed by atoms with Crippen LogP contribution in [0, 0.1) is 17.0 Å². The Balaban J connectivity index is 1.56. The van der Waals surface area contributed by atoms with Crippen molar-refractivity contribution in [1.29, 1.82) is 0 Å². The van der Waals surface area contributed by atoms with Gasteiger partial charge in [-0.05, 0) is 36.8 Å². The van der Waals surface area contributed by atoms with Gasteiger partial charge in [-0.1, -0.05) is 17.8 Å². The number of anilines is 2. The number of thioether (sulfide) groups is 1. The van der Waals surface area contributed by atoms with E-state index < -0.39 is 22.6 Å². The molecular weight excluding hydrogens is 489 g/mol. The summed E-state index contributed by atoms with van der Waals surface area (Å²) in [5, 5.41) is 24.1. The molecule has 1 heterocycles. The second-order valence-corrected chi connectivity index (χ2v) is 8.30. The SMILES string of the molecule is Cc1cc([N+](=O)[O-])ccc1NC(=O)CSc1nnc(CC(=O)Nc2cccc(C(F)(F)F)c2)n1C. The topological polar surface area (TPSA) is 132 Å². The third kappa shape index (κ3) is 6.79. The van der Waals surface area contributed by atoms with Gasteiger partial charge in [-0.2, -0.15) is 13.2 Å². The number of carbonyl (C=O) groups is 2. The van der Waals surface area contributed by atoms with Crippen molar-refractivity contribution < 1.29 is 27.7 Å². The number of nitro groups is 1. The zero-order valence-corrected chi connectivity index (χ0v) is 19.2. The van der Waals surface area contributed by atoms with Gasteiger partial charge < -0.3 is 15.2 Å². The van der Waals surface area contributed by atoms with Gasteiger partial charge in [0.15, 0.2) is 5.16 Å². The molecule has 3 rings (SSSR count). The fourth-order valence-corrected chi connectivity index (χ4v) is 3.69. The van der Waals surface area contributed by atoms with Crippen LogP contribution in [0.1, 0.15) is 17.0 Å². The molecule has 0 saturated carbocycles. The van der Waals surface area contributed by atoms with Gasteiger partial charge >= 0.3 is 6.18 Å². The number of alkyl halides is 3. The highest BCUT2D eigenvalue weighted by atomic mass is 32.2. The maximum atomic E-state index is 12.8. The number of nitro benzene ring substituents is 1. The van der Waals surface area contributed by atoms with E-state index in [4.69, 9.17) is 0 Å². The van der Waals surface area contributed by atoms with Crippen molar-refractivity contribution in [3.05, 3.63) is 69.5 Å². The summed E-state index contributed by atoms with van der Waals surface area (Å²) in [5.74, 6) is -0.746. The van der Waals surface area contributed by atoms with Crippen LogP contribution in [-0.2, 0) is 29.2 Å². The van der Waals surface area contributed by atoms with E-state index in [1.165, 1.54) is 34.9 Å². The van der Waals surface area contributed by atoms with Crippen LogP contribution in [0.25, 0.3) is 0 Å². The van der Waals surface area contributed by atoms with Gasteiger partial charge in [0.25, 0.3) is 5.69 Å². The maximum absolute atomic E-state index is 12.8. The minimum atomic E-state index is -4.53. The molecule has 2 aromatic carbocycles. The number of nitrogens with zero attached hydrogens (tertiary/aromatic N) is 4. The molecular formula is C21H19F3N6O4S.